The number of hydrogen-bond acceptors (Lipinski definition) is 5. The number of halogens is 1. The summed E-state index contributed by atoms with van der Waals surface area (Å²) in [4.78, 5) is 8.73. The number of hydrogen-bond donors (Lipinski definition) is 1. The fourth-order valence-corrected chi connectivity index (χ4v) is 2.00. The molecule has 0 spiro atoms. The summed E-state index contributed by atoms with van der Waals surface area (Å²) in [6.07, 6.45) is 0. The van der Waals surface area contributed by atoms with Crippen molar-refractivity contribution in [2.24, 2.45) is 0 Å². The van der Waals surface area contributed by atoms with Crippen molar-refractivity contribution in [1.82, 2.24) is 4.72 Å². The highest BCUT2D eigenvalue weighted by atomic mass is 32.2. The van der Waals surface area contributed by atoms with Crippen LogP contribution in [0.1, 0.15) is 0 Å². The van der Waals surface area contributed by atoms with Crippen LogP contribution in [0.25, 0.3) is 0 Å². The molecular weight excluding hydrogens is 253 g/mol. The highest BCUT2D eigenvalue weighted by Crippen LogP contribution is 2.19. The van der Waals surface area contributed by atoms with Gasteiger partial charge in [0.05, 0.1) is 23.6 Å². The van der Waals surface area contributed by atoms with Crippen LogP contribution in [0.5, 0.6) is 0 Å². The van der Waals surface area contributed by atoms with Gasteiger partial charge < -0.3 is 0 Å². The van der Waals surface area contributed by atoms with Gasteiger partial charge in [-0.25, -0.2) is 12.8 Å². The molecule has 0 amide bonds. The minimum Gasteiger partial charge on any atom is -0.258 e. The largest absolute Gasteiger partial charge is 0.272 e. The van der Waals surface area contributed by atoms with Gasteiger partial charge >= 0.3 is 0 Å². The number of benzene rings is 1. The monoisotopic (exact) mass is 259 g/mol. The van der Waals surface area contributed by atoms with Gasteiger partial charge in [-0.2, -0.15) is 9.98 Å². The van der Waals surface area contributed by atoms with Crippen LogP contribution in [0.3, 0.4) is 0 Å². The molecule has 0 saturated heterocycles. The van der Waals surface area contributed by atoms with Gasteiger partial charge in [0, 0.05) is 6.07 Å². The van der Waals surface area contributed by atoms with Gasteiger partial charge in [0.25, 0.3) is 5.69 Å². The number of nitrogens with one attached hydrogen (secondary N) is 1. The van der Waals surface area contributed by atoms with Crippen molar-refractivity contribution in [1.29, 1.82) is 5.26 Å². The van der Waals surface area contributed by atoms with Crippen LogP contribution in [0, 0.1) is 27.3 Å². The topological polar surface area (TPSA) is 113 Å². The number of rotatable bonds is 4. The zero-order valence-corrected chi connectivity index (χ0v) is 9.07. The Bertz CT molecular complexity index is 593. The standard InChI is InChI=1S/C8H6FN3O4S/c9-7-5-6(12(13)14)1-2-8(7)17(15,16)11-4-3-10/h1-2,5,11H,4H2. The highest BCUT2D eigenvalue weighted by Gasteiger charge is 2.21. The molecule has 0 atom stereocenters. The fraction of sp³-hybridized carbons (Fsp3) is 0.125. The van der Waals surface area contributed by atoms with Crippen LogP contribution >= 0.6 is 0 Å². The van der Waals surface area contributed by atoms with Crippen molar-refractivity contribution in [3.05, 3.63) is 34.1 Å². The Morgan fingerprint density at radius 1 is 1.53 bits per heavy atom. The molecule has 0 unspecified atom stereocenters. The third-order valence-electron chi connectivity index (χ3n) is 1.76. The first kappa shape index (κ1) is 13.0. The van der Waals surface area contributed by atoms with Gasteiger partial charge in [0.1, 0.15) is 10.7 Å². The third-order valence-corrected chi connectivity index (χ3v) is 3.19. The number of non-ortho nitro benzene ring substituents is 1. The molecule has 1 rings (SSSR count). The average Bonchev–Trinajstić information content (AvgIpc) is 2.25. The smallest absolute Gasteiger partial charge is 0.258 e. The molecular formula is C8H6FN3O4S. The van der Waals surface area contributed by atoms with Gasteiger partial charge in [-0.05, 0) is 6.07 Å². The summed E-state index contributed by atoms with van der Waals surface area (Å²) in [6.45, 7) is -0.515. The second kappa shape index (κ2) is 4.86. The van der Waals surface area contributed by atoms with Crippen LogP contribution in [0.2, 0.25) is 0 Å². The molecule has 0 radical (unpaired) electrons. The molecule has 0 bridgehead atoms. The molecule has 90 valence electrons. The van der Waals surface area contributed by atoms with Crippen molar-refractivity contribution >= 4 is 15.7 Å². The maximum Gasteiger partial charge on any atom is 0.272 e. The van der Waals surface area contributed by atoms with E-state index in [1.165, 1.54) is 6.07 Å². The number of nitro groups is 1. The Labute approximate surface area is 95.7 Å². The Balaban J connectivity index is 3.17. The molecule has 17 heavy (non-hydrogen) atoms. The zero-order chi connectivity index (χ0) is 13.1. The van der Waals surface area contributed by atoms with Crippen molar-refractivity contribution in [3.63, 3.8) is 0 Å². The maximum absolute atomic E-state index is 13.3. The summed E-state index contributed by atoms with van der Waals surface area (Å²) < 4.78 is 38.0. The highest BCUT2D eigenvalue weighted by molar-refractivity contribution is 7.89. The van der Waals surface area contributed by atoms with Crippen LogP contribution in [-0.4, -0.2) is 19.9 Å². The Morgan fingerprint density at radius 2 is 2.18 bits per heavy atom. The first-order chi connectivity index (χ1) is 7.88. The van der Waals surface area contributed by atoms with Crippen molar-refractivity contribution < 1.29 is 17.7 Å². The van der Waals surface area contributed by atoms with E-state index in [4.69, 9.17) is 5.26 Å². The minimum atomic E-state index is -4.17. The molecule has 0 aliphatic heterocycles. The summed E-state index contributed by atoms with van der Waals surface area (Å²) in [5.74, 6) is -1.25. The number of nitro benzene ring substituents is 1. The van der Waals surface area contributed by atoms with E-state index in [-0.39, 0.29) is 0 Å². The second-order valence-corrected chi connectivity index (χ2v) is 4.59. The fourth-order valence-electron chi connectivity index (χ4n) is 1.03. The molecule has 0 aliphatic carbocycles. The first-order valence-corrected chi connectivity index (χ1v) is 5.67. The van der Waals surface area contributed by atoms with Gasteiger partial charge in [0.2, 0.25) is 10.0 Å². The number of sulfonamides is 1. The molecule has 1 aromatic rings. The van der Waals surface area contributed by atoms with E-state index in [9.17, 15) is 22.9 Å². The summed E-state index contributed by atoms with van der Waals surface area (Å²) in [7, 11) is -4.17. The van der Waals surface area contributed by atoms with E-state index in [0.29, 0.717) is 6.07 Å². The van der Waals surface area contributed by atoms with Crippen LogP contribution in [0.15, 0.2) is 23.1 Å². The second-order valence-electron chi connectivity index (χ2n) is 2.85. The molecule has 0 aliphatic rings. The van der Waals surface area contributed by atoms with E-state index < -0.39 is 37.9 Å². The van der Waals surface area contributed by atoms with Crippen LogP contribution < -0.4 is 4.72 Å². The molecule has 0 aromatic heterocycles. The number of nitrogens with zero attached hydrogens (tertiary/aromatic N) is 2. The quantitative estimate of drug-likeness (QED) is 0.481. The predicted octanol–water partition coefficient (Wildman–Crippen LogP) is 0.536. The van der Waals surface area contributed by atoms with Gasteiger partial charge in [-0.3, -0.25) is 10.1 Å². The molecule has 9 heteroatoms. The Morgan fingerprint density at radius 3 is 2.65 bits per heavy atom. The maximum atomic E-state index is 13.3. The van der Waals surface area contributed by atoms with Gasteiger partial charge in [-0.1, -0.05) is 0 Å². The average molecular weight is 259 g/mol. The third kappa shape index (κ3) is 2.96. The molecule has 7 nitrogen and oxygen atoms in total. The summed E-state index contributed by atoms with van der Waals surface area (Å²) in [5, 5.41) is 18.5. The van der Waals surface area contributed by atoms with Gasteiger partial charge in [0.15, 0.2) is 0 Å². The van der Waals surface area contributed by atoms with E-state index in [0.717, 1.165) is 12.1 Å². The van der Waals surface area contributed by atoms with Crippen molar-refractivity contribution in [2.75, 3.05) is 6.54 Å². The van der Waals surface area contributed by atoms with E-state index >= 15 is 0 Å². The lowest BCUT2D eigenvalue weighted by Gasteiger charge is -2.04. The SMILES string of the molecule is N#CCNS(=O)(=O)c1ccc([N+](=O)[O-])cc1F. The summed E-state index contributed by atoms with van der Waals surface area (Å²) in [6, 6.07) is 3.66. The summed E-state index contributed by atoms with van der Waals surface area (Å²) >= 11 is 0. The summed E-state index contributed by atoms with van der Waals surface area (Å²) in [5.41, 5.74) is -0.554. The normalized spacial score (nSPS) is 10.8. The van der Waals surface area contributed by atoms with E-state index in [2.05, 4.69) is 0 Å². The minimum absolute atomic E-state index is 0.501. The van der Waals surface area contributed by atoms with Crippen molar-refractivity contribution in [2.45, 2.75) is 4.90 Å². The lowest BCUT2D eigenvalue weighted by Crippen LogP contribution is -2.24. The Kier molecular flexibility index (Phi) is 3.72. The molecule has 0 heterocycles. The lowest BCUT2D eigenvalue weighted by atomic mass is 10.3. The predicted molar refractivity (Wildman–Crippen MR) is 53.9 cm³/mol. The molecule has 0 fully saturated rings. The lowest BCUT2D eigenvalue weighted by molar-refractivity contribution is -0.385. The Hall–Kier alpha value is -2.05. The first-order valence-electron chi connectivity index (χ1n) is 4.19. The molecule has 1 N–H and O–H groups in total. The molecule has 1 aromatic carbocycles. The zero-order valence-electron chi connectivity index (χ0n) is 8.25. The van der Waals surface area contributed by atoms with Crippen molar-refractivity contribution in [3.8, 4) is 6.07 Å². The molecule has 0 saturated carbocycles. The van der Waals surface area contributed by atoms with E-state index in [1.807, 2.05) is 4.72 Å². The van der Waals surface area contributed by atoms with Crippen LogP contribution in [-0.2, 0) is 10.0 Å². The number of nitriles is 1. The van der Waals surface area contributed by atoms with Gasteiger partial charge in [-0.15, -0.1) is 0 Å². The van der Waals surface area contributed by atoms with E-state index in [1.54, 1.807) is 0 Å². The van der Waals surface area contributed by atoms with Crippen LogP contribution in [0.4, 0.5) is 10.1 Å².